The fourth-order valence-corrected chi connectivity index (χ4v) is 3.76. The third-order valence-corrected chi connectivity index (χ3v) is 5.64. The Morgan fingerprint density at radius 2 is 1.76 bits per heavy atom. The second kappa shape index (κ2) is 9.77. The summed E-state index contributed by atoms with van der Waals surface area (Å²) in [4.78, 5) is 35.3. The molecule has 0 aliphatic rings. The zero-order valence-corrected chi connectivity index (χ0v) is 18.0. The van der Waals surface area contributed by atoms with E-state index in [0.29, 0.717) is 15.7 Å². The predicted octanol–water partition coefficient (Wildman–Crippen LogP) is 2.50. The number of esters is 1. The van der Waals surface area contributed by atoms with Crippen molar-refractivity contribution in [1.82, 2.24) is 4.72 Å². The topological polar surface area (TPSA) is 119 Å². The molecule has 154 valence electrons. The number of nitrogens with one attached hydrogen (secondary N) is 2. The van der Waals surface area contributed by atoms with Gasteiger partial charge in [-0.2, -0.15) is 4.72 Å². The molecule has 0 saturated carbocycles. The molecule has 1 amide bonds. The maximum Gasteiger partial charge on any atom is 0.321 e. The quantitative estimate of drug-likeness (QED) is 0.440. The number of carbonyl (C=O) groups excluding carboxylic acids is 3. The first kappa shape index (κ1) is 22.7. The van der Waals surface area contributed by atoms with Gasteiger partial charge in [0.15, 0.2) is 11.9 Å². The Morgan fingerprint density at radius 1 is 1.10 bits per heavy atom. The van der Waals surface area contributed by atoms with Crippen molar-refractivity contribution in [2.45, 2.75) is 24.8 Å². The molecular weight excluding hydrogens is 464 g/mol. The zero-order chi connectivity index (χ0) is 21.6. The second-order valence-electron chi connectivity index (χ2n) is 6.04. The average Bonchev–Trinajstić information content (AvgIpc) is 2.67. The number of ketones is 1. The fraction of sp³-hybridized carbons (Fsp3) is 0.211. The van der Waals surface area contributed by atoms with Crippen LogP contribution in [0.4, 0.5) is 5.69 Å². The summed E-state index contributed by atoms with van der Waals surface area (Å²) in [5.74, 6) is -1.60. The average molecular weight is 483 g/mol. The number of hydrogen-bond acceptors (Lipinski definition) is 6. The molecule has 0 aliphatic carbocycles. The third-order valence-electron chi connectivity index (χ3n) is 3.75. The van der Waals surface area contributed by atoms with Crippen LogP contribution in [0.2, 0.25) is 0 Å². The van der Waals surface area contributed by atoms with Crippen LogP contribution in [-0.4, -0.2) is 38.7 Å². The van der Waals surface area contributed by atoms with Crippen LogP contribution in [-0.2, 0) is 24.3 Å². The summed E-state index contributed by atoms with van der Waals surface area (Å²) >= 11 is 3.18. The Labute approximate surface area is 176 Å². The molecule has 1 unspecified atom stereocenters. The van der Waals surface area contributed by atoms with Gasteiger partial charge in [-0.25, -0.2) is 8.42 Å². The molecule has 2 aromatic carbocycles. The number of Topliss-reactive ketones (excluding diaryl/α,β-unsaturated/α-hetero) is 1. The van der Waals surface area contributed by atoms with Crippen molar-refractivity contribution in [3.8, 4) is 0 Å². The van der Waals surface area contributed by atoms with E-state index < -0.39 is 34.5 Å². The molecule has 0 aromatic heterocycles. The molecule has 0 spiro atoms. The van der Waals surface area contributed by atoms with Crippen LogP contribution < -0.4 is 10.0 Å². The lowest BCUT2D eigenvalue weighted by atomic mass is 10.1. The van der Waals surface area contributed by atoms with Gasteiger partial charge < -0.3 is 10.1 Å². The first-order valence-corrected chi connectivity index (χ1v) is 10.7. The second-order valence-corrected chi connectivity index (χ2v) is 8.72. The molecule has 0 bridgehead atoms. The molecule has 10 heteroatoms. The number of hydrogen-bond donors (Lipinski definition) is 2. The highest BCUT2D eigenvalue weighted by molar-refractivity contribution is 9.10. The van der Waals surface area contributed by atoms with E-state index in [4.69, 9.17) is 4.74 Å². The minimum absolute atomic E-state index is 0.0144. The number of amides is 1. The van der Waals surface area contributed by atoms with Crippen molar-refractivity contribution in [2.75, 3.05) is 11.9 Å². The van der Waals surface area contributed by atoms with Gasteiger partial charge in [-0.1, -0.05) is 22.0 Å². The van der Waals surface area contributed by atoms with Gasteiger partial charge >= 0.3 is 5.97 Å². The Morgan fingerprint density at radius 3 is 2.34 bits per heavy atom. The van der Waals surface area contributed by atoms with Crippen molar-refractivity contribution in [3.05, 3.63) is 58.6 Å². The van der Waals surface area contributed by atoms with Gasteiger partial charge in [-0.15, -0.1) is 0 Å². The monoisotopic (exact) mass is 482 g/mol. The van der Waals surface area contributed by atoms with Crippen LogP contribution in [0.3, 0.4) is 0 Å². The summed E-state index contributed by atoms with van der Waals surface area (Å²) in [6.07, 6.45) is -1.15. The van der Waals surface area contributed by atoms with E-state index in [1.54, 1.807) is 36.4 Å². The maximum absolute atomic E-state index is 12.2. The lowest BCUT2D eigenvalue weighted by molar-refractivity contribution is -0.151. The van der Waals surface area contributed by atoms with Gasteiger partial charge in [0.25, 0.3) is 5.91 Å². The standard InChI is InChI=1S/C19H19BrN2O6S/c1-12(23)14-6-8-16(9-7-14)22-19(25)13(2)28-18(24)11-21-29(26,27)17-5-3-4-15(20)10-17/h3-10,13,21H,11H2,1-2H3,(H,22,25). The predicted molar refractivity (Wildman–Crippen MR) is 110 cm³/mol. The van der Waals surface area contributed by atoms with Crippen molar-refractivity contribution in [2.24, 2.45) is 0 Å². The number of halogens is 1. The first-order valence-electron chi connectivity index (χ1n) is 8.45. The summed E-state index contributed by atoms with van der Waals surface area (Å²) < 4.78 is 32.0. The third kappa shape index (κ3) is 6.77. The largest absolute Gasteiger partial charge is 0.452 e. The fourth-order valence-electron chi connectivity index (χ4n) is 2.20. The van der Waals surface area contributed by atoms with Gasteiger partial charge in [0.2, 0.25) is 10.0 Å². The van der Waals surface area contributed by atoms with E-state index in [9.17, 15) is 22.8 Å². The molecule has 0 radical (unpaired) electrons. The highest BCUT2D eigenvalue weighted by Gasteiger charge is 2.21. The Bertz CT molecular complexity index is 1020. The summed E-state index contributed by atoms with van der Waals surface area (Å²) in [5, 5.41) is 2.55. The van der Waals surface area contributed by atoms with Gasteiger partial charge in [0.1, 0.15) is 6.54 Å². The van der Waals surface area contributed by atoms with Crippen LogP contribution in [0.15, 0.2) is 57.9 Å². The summed E-state index contributed by atoms with van der Waals surface area (Å²) in [6, 6.07) is 12.2. The van der Waals surface area contributed by atoms with Gasteiger partial charge in [-0.05, 0) is 56.3 Å². The van der Waals surface area contributed by atoms with Crippen molar-refractivity contribution in [1.29, 1.82) is 0 Å². The smallest absolute Gasteiger partial charge is 0.321 e. The van der Waals surface area contributed by atoms with E-state index in [0.717, 1.165) is 0 Å². The van der Waals surface area contributed by atoms with E-state index in [-0.39, 0.29) is 10.7 Å². The number of rotatable bonds is 8. The first-order chi connectivity index (χ1) is 13.6. The molecule has 8 nitrogen and oxygen atoms in total. The summed E-state index contributed by atoms with van der Waals surface area (Å²) in [5.41, 5.74) is 0.929. The summed E-state index contributed by atoms with van der Waals surface area (Å²) in [6.45, 7) is 2.17. The number of ether oxygens (including phenoxy) is 1. The van der Waals surface area contributed by atoms with Gasteiger partial charge in [0, 0.05) is 15.7 Å². The zero-order valence-electron chi connectivity index (χ0n) is 15.6. The van der Waals surface area contributed by atoms with E-state index in [2.05, 4.69) is 26.0 Å². The molecule has 0 saturated heterocycles. The molecule has 1 atom stereocenters. The van der Waals surface area contributed by atoms with Gasteiger partial charge in [-0.3, -0.25) is 14.4 Å². The molecule has 29 heavy (non-hydrogen) atoms. The maximum atomic E-state index is 12.2. The lowest BCUT2D eigenvalue weighted by Crippen LogP contribution is -2.35. The van der Waals surface area contributed by atoms with Crippen molar-refractivity contribution >= 4 is 49.3 Å². The minimum atomic E-state index is -3.90. The van der Waals surface area contributed by atoms with Crippen LogP contribution in [0, 0.1) is 0 Å². The molecule has 2 N–H and O–H groups in total. The number of benzene rings is 2. The minimum Gasteiger partial charge on any atom is -0.452 e. The van der Waals surface area contributed by atoms with E-state index in [1.807, 2.05) is 0 Å². The molecule has 2 aromatic rings. The highest BCUT2D eigenvalue weighted by Crippen LogP contribution is 2.16. The SMILES string of the molecule is CC(=O)c1ccc(NC(=O)C(C)OC(=O)CNS(=O)(=O)c2cccc(Br)c2)cc1. The molecule has 2 rings (SSSR count). The highest BCUT2D eigenvalue weighted by atomic mass is 79.9. The number of anilines is 1. The van der Waals surface area contributed by atoms with Crippen LogP contribution >= 0.6 is 15.9 Å². The number of carbonyl (C=O) groups is 3. The lowest BCUT2D eigenvalue weighted by Gasteiger charge is -2.14. The molecule has 0 fully saturated rings. The van der Waals surface area contributed by atoms with Gasteiger partial charge in [0.05, 0.1) is 4.90 Å². The van der Waals surface area contributed by atoms with Crippen molar-refractivity contribution < 1.29 is 27.5 Å². The Balaban J connectivity index is 1.87. The molecule has 0 aliphatic heterocycles. The molecule has 0 heterocycles. The van der Waals surface area contributed by atoms with E-state index >= 15 is 0 Å². The molecular formula is C19H19BrN2O6S. The normalized spacial score (nSPS) is 12.1. The van der Waals surface area contributed by atoms with Crippen LogP contribution in [0.5, 0.6) is 0 Å². The van der Waals surface area contributed by atoms with Crippen molar-refractivity contribution in [3.63, 3.8) is 0 Å². The number of sulfonamides is 1. The van der Waals surface area contributed by atoms with E-state index in [1.165, 1.54) is 26.0 Å². The summed E-state index contributed by atoms with van der Waals surface area (Å²) in [7, 11) is -3.90. The Hall–Kier alpha value is -2.56. The Kier molecular flexibility index (Phi) is 7.66. The van der Waals surface area contributed by atoms with Crippen LogP contribution in [0.1, 0.15) is 24.2 Å². The van der Waals surface area contributed by atoms with Crippen LogP contribution in [0.25, 0.3) is 0 Å².